The maximum atomic E-state index is 10.4. The van der Waals surface area contributed by atoms with E-state index in [0.717, 1.165) is 30.4 Å². The number of aromatic nitrogens is 3. The third kappa shape index (κ3) is 4.40. The number of hydrogen-bond acceptors (Lipinski definition) is 4. The van der Waals surface area contributed by atoms with E-state index in [1.54, 1.807) is 0 Å². The molecule has 19 heavy (non-hydrogen) atoms. The Balaban J connectivity index is 1.88. The van der Waals surface area contributed by atoms with Gasteiger partial charge in [0.15, 0.2) is 0 Å². The molecule has 1 heterocycles. The second-order valence-electron chi connectivity index (χ2n) is 4.24. The third-order valence-corrected chi connectivity index (χ3v) is 3.40. The van der Waals surface area contributed by atoms with Crippen molar-refractivity contribution in [2.45, 2.75) is 24.9 Å². The number of nitrogens with zero attached hydrogens (tertiary/aromatic N) is 2. The van der Waals surface area contributed by atoms with E-state index in [9.17, 15) is 4.79 Å². The number of carboxylic acids is 1. The summed E-state index contributed by atoms with van der Waals surface area (Å²) >= 11 is 1.12. The third-order valence-electron chi connectivity index (χ3n) is 2.57. The first-order valence-corrected chi connectivity index (χ1v) is 6.93. The summed E-state index contributed by atoms with van der Waals surface area (Å²) in [6.45, 7) is 2.07. The Bertz CT molecular complexity index is 569. The molecule has 0 amide bonds. The maximum absolute atomic E-state index is 10.4. The molecule has 2 aromatic rings. The van der Waals surface area contributed by atoms with Gasteiger partial charge in [0.25, 0.3) is 0 Å². The number of thioether (sulfide) groups is 1. The van der Waals surface area contributed by atoms with Crippen molar-refractivity contribution in [2.75, 3.05) is 5.75 Å². The van der Waals surface area contributed by atoms with Crippen LogP contribution in [-0.4, -0.2) is 32.0 Å². The number of aromatic amines is 1. The molecule has 0 aliphatic rings. The molecule has 0 saturated heterocycles. The van der Waals surface area contributed by atoms with Crippen molar-refractivity contribution in [1.82, 2.24) is 15.2 Å². The molecule has 0 bridgehead atoms. The van der Waals surface area contributed by atoms with Crippen LogP contribution in [-0.2, 0) is 17.6 Å². The molecule has 0 unspecified atom stereocenters. The predicted molar refractivity (Wildman–Crippen MR) is 73.3 cm³/mol. The Morgan fingerprint density at radius 1 is 1.42 bits per heavy atom. The first-order valence-electron chi connectivity index (χ1n) is 5.95. The van der Waals surface area contributed by atoms with Crippen LogP contribution in [0.4, 0.5) is 0 Å². The normalized spacial score (nSPS) is 10.6. The molecule has 0 spiro atoms. The largest absolute Gasteiger partial charge is 0.481 e. The van der Waals surface area contributed by atoms with Crippen LogP contribution >= 0.6 is 11.8 Å². The Morgan fingerprint density at radius 2 is 2.26 bits per heavy atom. The molecule has 0 saturated carbocycles. The average molecular weight is 277 g/mol. The second kappa shape index (κ2) is 6.38. The summed E-state index contributed by atoms with van der Waals surface area (Å²) in [7, 11) is 0. The van der Waals surface area contributed by atoms with Crippen LogP contribution in [0.25, 0.3) is 0 Å². The van der Waals surface area contributed by atoms with Gasteiger partial charge in [-0.15, -0.1) is 5.10 Å². The van der Waals surface area contributed by atoms with Crippen molar-refractivity contribution in [1.29, 1.82) is 0 Å². The van der Waals surface area contributed by atoms with Crippen LogP contribution in [0.5, 0.6) is 0 Å². The number of benzene rings is 1. The van der Waals surface area contributed by atoms with E-state index in [1.807, 2.05) is 6.07 Å². The minimum atomic E-state index is -0.865. The number of hydrogen-bond donors (Lipinski definition) is 2. The van der Waals surface area contributed by atoms with Gasteiger partial charge in [-0.2, -0.15) is 0 Å². The lowest BCUT2D eigenvalue weighted by Crippen LogP contribution is -1.98. The Kier molecular flexibility index (Phi) is 4.57. The van der Waals surface area contributed by atoms with Gasteiger partial charge >= 0.3 is 5.97 Å². The van der Waals surface area contributed by atoms with E-state index in [4.69, 9.17) is 5.11 Å². The average Bonchev–Trinajstić information content (AvgIpc) is 2.82. The number of aliphatic carboxylic acids is 1. The van der Waals surface area contributed by atoms with Crippen LogP contribution < -0.4 is 0 Å². The number of nitrogens with one attached hydrogen (secondary N) is 1. The zero-order valence-electron chi connectivity index (χ0n) is 10.6. The van der Waals surface area contributed by atoms with Gasteiger partial charge in [-0.05, 0) is 18.9 Å². The summed E-state index contributed by atoms with van der Waals surface area (Å²) in [6.07, 6.45) is 1.66. The summed E-state index contributed by atoms with van der Waals surface area (Å²) in [6, 6.07) is 8.34. The molecule has 0 aliphatic heterocycles. The molecule has 100 valence electrons. The maximum Gasteiger partial charge on any atom is 0.313 e. The van der Waals surface area contributed by atoms with Crippen molar-refractivity contribution >= 4 is 17.7 Å². The number of carbonyl (C=O) groups is 1. The monoisotopic (exact) mass is 277 g/mol. The molecule has 0 radical (unpaired) electrons. The van der Waals surface area contributed by atoms with Crippen molar-refractivity contribution in [3.05, 3.63) is 41.2 Å². The van der Waals surface area contributed by atoms with E-state index in [-0.39, 0.29) is 5.75 Å². The highest BCUT2D eigenvalue weighted by Crippen LogP contribution is 2.13. The Hall–Kier alpha value is -1.82. The quantitative estimate of drug-likeness (QED) is 0.790. The van der Waals surface area contributed by atoms with Gasteiger partial charge in [-0.3, -0.25) is 9.89 Å². The zero-order chi connectivity index (χ0) is 13.7. The summed E-state index contributed by atoms with van der Waals surface area (Å²) in [5, 5.41) is 15.9. The van der Waals surface area contributed by atoms with Gasteiger partial charge in [-0.1, -0.05) is 41.6 Å². The molecule has 1 aromatic carbocycles. The summed E-state index contributed by atoms with van der Waals surface area (Å²) in [5.74, 6) is -0.0969. The summed E-state index contributed by atoms with van der Waals surface area (Å²) < 4.78 is 0. The molecule has 2 rings (SSSR count). The van der Waals surface area contributed by atoms with Gasteiger partial charge in [0.1, 0.15) is 5.82 Å². The molecule has 2 N–H and O–H groups in total. The standard InChI is InChI=1S/C13H15N3O2S/c1-9-3-2-4-10(7-9)5-6-11-14-13(16-15-11)19-8-12(17)18/h2-4,7H,5-6,8H2,1H3,(H,17,18)(H,14,15,16). The van der Waals surface area contributed by atoms with E-state index in [1.165, 1.54) is 11.1 Å². The lowest BCUT2D eigenvalue weighted by molar-refractivity contribution is -0.133. The summed E-state index contributed by atoms with van der Waals surface area (Å²) in [5.41, 5.74) is 2.50. The van der Waals surface area contributed by atoms with Crippen LogP contribution in [0.2, 0.25) is 0 Å². The Morgan fingerprint density at radius 3 is 3.00 bits per heavy atom. The highest BCUT2D eigenvalue weighted by Gasteiger charge is 2.06. The van der Waals surface area contributed by atoms with E-state index in [0.29, 0.717) is 5.16 Å². The highest BCUT2D eigenvalue weighted by molar-refractivity contribution is 7.99. The smallest absolute Gasteiger partial charge is 0.313 e. The number of aryl methyl sites for hydroxylation is 3. The predicted octanol–water partition coefficient (Wildman–Crippen LogP) is 2.08. The molecule has 1 aromatic heterocycles. The topological polar surface area (TPSA) is 78.9 Å². The number of carboxylic acid groups (broad SMARTS) is 1. The van der Waals surface area contributed by atoms with Crippen LogP contribution in [0, 0.1) is 6.92 Å². The van der Waals surface area contributed by atoms with Gasteiger partial charge in [0.2, 0.25) is 5.16 Å². The SMILES string of the molecule is Cc1cccc(CCc2nc(SCC(=O)O)n[nH]2)c1. The van der Waals surface area contributed by atoms with Gasteiger partial charge in [0.05, 0.1) is 5.75 Å². The van der Waals surface area contributed by atoms with E-state index < -0.39 is 5.97 Å². The summed E-state index contributed by atoms with van der Waals surface area (Å²) in [4.78, 5) is 14.7. The molecule has 5 nitrogen and oxygen atoms in total. The first kappa shape index (κ1) is 13.6. The Labute approximate surface area is 115 Å². The minimum Gasteiger partial charge on any atom is -0.481 e. The fraction of sp³-hybridized carbons (Fsp3) is 0.308. The van der Waals surface area contributed by atoms with Crippen LogP contribution in [0.1, 0.15) is 17.0 Å². The van der Waals surface area contributed by atoms with Gasteiger partial charge < -0.3 is 5.11 Å². The zero-order valence-corrected chi connectivity index (χ0v) is 11.4. The highest BCUT2D eigenvalue weighted by atomic mass is 32.2. The van der Waals surface area contributed by atoms with E-state index >= 15 is 0 Å². The fourth-order valence-electron chi connectivity index (χ4n) is 1.71. The molecule has 0 fully saturated rings. The molecule has 0 atom stereocenters. The van der Waals surface area contributed by atoms with E-state index in [2.05, 4.69) is 40.3 Å². The van der Waals surface area contributed by atoms with Crippen molar-refractivity contribution in [3.8, 4) is 0 Å². The molecule has 6 heteroatoms. The minimum absolute atomic E-state index is 0.0187. The van der Waals surface area contributed by atoms with Crippen molar-refractivity contribution in [3.63, 3.8) is 0 Å². The van der Waals surface area contributed by atoms with Gasteiger partial charge in [-0.25, -0.2) is 4.98 Å². The van der Waals surface area contributed by atoms with Gasteiger partial charge in [0, 0.05) is 6.42 Å². The van der Waals surface area contributed by atoms with Crippen LogP contribution in [0.3, 0.4) is 0 Å². The first-order chi connectivity index (χ1) is 9.13. The second-order valence-corrected chi connectivity index (χ2v) is 5.18. The number of H-pyrrole nitrogens is 1. The lowest BCUT2D eigenvalue weighted by Gasteiger charge is -2.00. The molecular weight excluding hydrogens is 262 g/mol. The molecule has 0 aliphatic carbocycles. The lowest BCUT2D eigenvalue weighted by atomic mass is 10.1. The van der Waals surface area contributed by atoms with Crippen LogP contribution in [0.15, 0.2) is 29.4 Å². The van der Waals surface area contributed by atoms with Crippen molar-refractivity contribution < 1.29 is 9.90 Å². The number of rotatable bonds is 6. The van der Waals surface area contributed by atoms with Crippen molar-refractivity contribution in [2.24, 2.45) is 0 Å². The molecular formula is C13H15N3O2S. The fourth-order valence-corrected chi connectivity index (χ4v) is 2.25.